The summed E-state index contributed by atoms with van der Waals surface area (Å²) < 4.78 is 6.40. The molecule has 0 aromatic heterocycles. The Morgan fingerprint density at radius 1 is 1.09 bits per heavy atom. The maximum atomic E-state index is 12.6. The summed E-state index contributed by atoms with van der Waals surface area (Å²) in [4.78, 5) is 24.9. The number of carbonyl (C=O) groups is 2. The maximum absolute atomic E-state index is 12.6. The molecule has 0 fully saturated rings. The lowest BCUT2D eigenvalue weighted by molar-refractivity contribution is -0.118. The van der Waals surface area contributed by atoms with Crippen molar-refractivity contribution in [2.45, 2.75) is 6.92 Å². The molecule has 0 spiro atoms. The van der Waals surface area contributed by atoms with Gasteiger partial charge in [-0.3, -0.25) is 9.59 Å². The van der Waals surface area contributed by atoms with E-state index in [-0.39, 0.29) is 18.1 Å². The molecule has 2 N–H and O–H groups in total. The quantitative estimate of drug-likeness (QED) is 0.294. The van der Waals surface area contributed by atoms with Gasteiger partial charge in [0.2, 0.25) is 0 Å². The van der Waals surface area contributed by atoms with Crippen LogP contribution in [0.15, 0.2) is 76.8 Å². The van der Waals surface area contributed by atoms with Crippen LogP contribution in [-0.2, 0) is 9.59 Å². The second-order valence-corrected chi connectivity index (χ2v) is 8.32. The van der Waals surface area contributed by atoms with Gasteiger partial charge < -0.3 is 15.4 Å². The lowest BCUT2D eigenvalue weighted by atomic mass is 10.1. The Morgan fingerprint density at radius 2 is 1.88 bits per heavy atom. The van der Waals surface area contributed by atoms with Crippen molar-refractivity contribution >= 4 is 56.8 Å². The standard InChI is InChI=1S/C25H19BrClN3O3/c1-16-5-4-6-20(11-16)29-24(31)15-33-23-10-9-19(26)13-17(23)12-18(14-28)25(32)30-22-8-3-2-7-21(22)27/h2-13H,15H2,1H3,(H,29,31)(H,30,32)/b18-12+. The molecule has 0 saturated heterocycles. The molecule has 0 aliphatic carbocycles. The molecule has 0 aliphatic rings. The zero-order chi connectivity index (χ0) is 23.8. The Kier molecular flexibility index (Phi) is 8.25. The van der Waals surface area contributed by atoms with Crippen molar-refractivity contribution in [3.05, 3.63) is 92.9 Å². The maximum Gasteiger partial charge on any atom is 0.266 e. The average Bonchev–Trinajstić information content (AvgIpc) is 2.78. The van der Waals surface area contributed by atoms with Crippen molar-refractivity contribution in [1.82, 2.24) is 0 Å². The topological polar surface area (TPSA) is 91.2 Å². The first kappa shape index (κ1) is 24.1. The minimum atomic E-state index is -0.617. The lowest BCUT2D eigenvalue weighted by Crippen LogP contribution is -2.20. The third kappa shape index (κ3) is 6.94. The third-order valence-electron chi connectivity index (χ3n) is 4.42. The number of para-hydroxylation sites is 1. The van der Waals surface area contributed by atoms with E-state index in [2.05, 4.69) is 26.6 Å². The predicted octanol–water partition coefficient (Wildman–Crippen LogP) is 5.97. The third-order valence-corrected chi connectivity index (χ3v) is 5.24. The number of carbonyl (C=O) groups excluding carboxylic acids is 2. The van der Waals surface area contributed by atoms with Crippen LogP contribution in [0.5, 0.6) is 5.75 Å². The fourth-order valence-electron chi connectivity index (χ4n) is 2.88. The van der Waals surface area contributed by atoms with Crippen LogP contribution in [0.1, 0.15) is 11.1 Å². The van der Waals surface area contributed by atoms with E-state index in [1.165, 1.54) is 6.08 Å². The SMILES string of the molecule is Cc1cccc(NC(=O)COc2ccc(Br)cc2/C=C(\C#N)C(=O)Nc2ccccc2Cl)c1. The van der Waals surface area contributed by atoms with E-state index in [1.54, 1.807) is 48.5 Å². The normalized spacial score (nSPS) is 10.8. The fraction of sp³-hybridized carbons (Fsp3) is 0.0800. The Morgan fingerprint density at radius 3 is 2.61 bits per heavy atom. The molecule has 0 atom stereocenters. The lowest BCUT2D eigenvalue weighted by Gasteiger charge is -2.11. The molecular weight excluding hydrogens is 506 g/mol. The van der Waals surface area contributed by atoms with Gasteiger partial charge in [-0.05, 0) is 61.0 Å². The van der Waals surface area contributed by atoms with E-state index in [0.717, 1.165) is 5.56 Å². The van der Waals surface area contributed by atoms with Crippen molar-refractivity contribution in [2.24, 2.45) is 0 Å². The molecule has 0 saturated carbocycles. The van der Waals surface area contributed by atoms with Crippen LogP contribution in [0.4, 0.5) is 11.4 Å². The van der Waals surface area contributed by atoms with Crippen LogP contribution in [0, 0.1) is 18.3 Å². The smallest absolute Gasteiger partial charge is 0.266 e. The molecular formula is C25H19BrClN3O3. The number of nitrogens with zero attached hydrogens (tertiary/aromatic N) is 1. The average molecular weight is 525 g/mol. The van der Waals surface area contributed by atoms with Gasteiger partial charge >= 0.3 is 0 Å². The summed E-state index contributed by atoms with van der Waals surface area (Å²) in [6.07, 6.45) is 1.39. The number of nitrogens with one attached hydrogen (secondary N) is 2. The van der Waals surface area contributed by atoms with E-state index < -0.39 is 5.91 Å². The number of benzene rings is 3. The highest BCUT2D eigenvalue weighted by Crippen LogP contribution is 2.27. The summed E-state index contributed by atoms with van der Waals surface area (Å²) in [7, 11) is 0. The summed E-state index contributed by atoms with van der Waals surface area (Å²) in [5, 5.41) is 15.3. The van der Waals surface area contributed by atoms with Crippen molar-refractivity contribution in [1.29, 1.82) is 5.26 Å². The minimum Gasteiger partial charge on any atom is -0.483 e. The summed E-state index contributed by atoms with van der Waals surface area (Å²) in [5.41, 5.74) is 2.39. The molecule has 0 unspecified atom stereocenters. The molecule has 6 nitrogen and oxygen atoms in total. The van der Waals surface area contributed by atoms with E-state index >= 15 is 0 Å². The van der Waals surface area contributed by atoms with E-state index in [4.69, 9.17) is 16.3 Å². The number of hydrogen-bond donors (Lipinski definition) is 2. The highest BCUT2D eigenvalue weighted by atomic mass is 79.9. The summed E-state index contributed by atoms with van der Waals surface area (Å²) >= 11 is 9.45. The zero-order valence-corrected chi connectivity index (χ0v) is 19.9. The Bertz CT molecular complexity index is 1270. The molecule has 3 aromatic rings. The summed E-state index contributed by atoms with van der Waals surface area (Å²) in [5.74, 6) is -0.611. The van der Waals surface area contributed by atoms with Gasteiger partial charge in [-0.1, -0.05) is 51.8 Å². The highest BCUT2D eigenvalue weighted by molar-refractivity contribution is 9.10. The van der Waals surface area contributed by atoms with E-state index in [1.807, 2.05) is 31.2 Å². The summed E-state index contributed by atoms with van der Waals surface area (Å²) in [6.45, 7) is 1.69. The van der Waals surface area contributed by atoms with Crippen LogP contribution in [0.3, 0.4) is 0 Å². The molecule has 3 rings (SSSR count). The van der Waals surface area contributed by atoms with Crippen LogP contribution in [0.25, 0.3) is 6.08 Å². The van der Waals surface area contributed by atoms with E-state index in [0.29, 0.717) is 32.2 Å². The van der Waals surface area contributed by atoms with Gasteiger partial charge in [0.15, 0.2) is 6.61 Å². The van der Waals surface area contributed by atoms with Gasteiger partial charge in [0.05, 0.1) is 10.7 Å². The molecule has 0 bridgehead atoms. The van der Waals surface area contributed by atoms with Crippen molar-refractivity contribution in [3.8, 4) is 11.8 Å². The number of anilines is 2. The van der Waals surface area contributed by atoms with Gasteiger partial charge in [-0.25, -0.2) is 0 Å². The number of halogens is 2. The number of amides is 2. The van der Waals surface area contributed by atoms with Crippen LogP contribution < -0.4 is 15.4 Å². The van der Waals surface area contributed by atoms with Crippen LogP contribution in [-0.4, -0.2) is 18.4 Å². The number of ether oxygens (including phenoxy) is 1. The number of nitriles is 1. The fourth-order valence-corrected chi connectivity index (χ4v) is 3.44. The molecule has 166 valence electrons. The molecule has 33 heavy (non-hydrogen) atoms. The Labute approximate surface area is 205 Å². The van der Waals surface area contributed by atoms with Crippen molar-refractivity contribution in [2.75, 3.05) is 17.2 Å². The van der Waals surface area contributed by atoms with Crippen LogP contribution >= 0.6 is 27.5 Å². The van der Waals surface area contributed by atoms with Gasteiger partial charge in [0, 0.05) is 15.7 Å². The molecule has 0 radical (unpaired) electrons. The second kappa shape index (κ2) is 11.3. The Hall–Kier alpha value is -3.60. The zero-order valence-electron chi connectivity index (χ0n) is 17.6. The highest BCUT2D eigenvalue weighted by Gasteiger charge is 2.14. The number of rotatable bonds is 7. The first-order valence-electron chi connectivity index (χ1n) is 9.82. The molecule has 8 heteroatoms. The monoisotopic (exact) mass is 523 g/mol. The number of hydrogen-bond acceptors (Lipinski definition) is 4. The first-order valence-corrected chi connectivity index (χ1v) is 11.0. The van der Waals surface area contributed by atoms with E-state index in [9.17, 15) is 14.9 Å². The molecule has 0 heterocycles. The number of aryl methyl sites for hydroxylation is 1. The predicted molar refractivity (Wildman–Crippen MR) is 133 cm³/mol. The Balaban J connectivity index is 1.75. The van der Waals surface area contributed by atoms with Crippen molar-refractivity contribution in [3.63, 3.8) is 0 Å². The van der Waals surface area contributed by atoms with Crippen molar-refractivity contribution < 1.29 is 14.3 Å². The first-order chi connectivity index (χ1) is 15.9. The largest absolute Gasteiger partial charge is 0.483 e. The van der Waals surface area contributed by atoms with Crippen LogP contribution in [0.2, 0.25) is 5.02 Å². The second-order valence-electron chi connectivity index (χ2n) is 6.99. The van der Waals surface area contributed by atoms with Gasteiger partial charge in [-0.2, -0.15) is 5.26 Å². The van der Waals surface area contributed by atoms with Gasteiger partial charge in [-0.15, -0.1) is 0 Å². The molecule has 3 aromatic carbocycles. The minimum absolute atomic E-state index is 0.151. The van der Waals surface area contributed by atoms with Gasteiger partial charge in [0.25, 0.3) is 11.8 Å². The van der Waals surface area contributed by atoms with Gasteiger partial charge in [0.1, 0.15) is 17.4 Å². The summed E-state index contributed by atoms with van der Waals surface area (Å²) in [6, 6.07) is 21.1. The molecule has 0 aliphatic heterocycles. The molecule has 2 amide bonds.